The van der Waals surface area contributed by atoms with Gasteiger partial charge in [0.2, 0.25) is 0 Å². The second-order valence-corrected chi connectivity index (χ2v) is 18.5. The summed E-state index contributed by atoms with van der Waals surface area (Å²) in [5, 5.41) is 10.7. The van der Waals surface area contributed by atoms with Crippen LogP contribution >= 0.6 is 14.7 Å². The van der Waals surface area contributed by atoms with E-state index in [0.717, 1.165) is 24.7 Å². The average Bonchev–Trinajstić information content (AvgIpc) is 2.70. The number of nitrogens with zero attached hydrogens (tertiary/aromatic N) is 6. The number of unbranched alkanes of at least 4 members (excludes halogenated alkanes) is 1. The quantitative estimate of drug-likeness (QED) is 0.0745. The summed E-state index contributed by atoms with van der Waals surface area (Å²) in [4.78, 5) is 0. The van der Waals surface area contributed by atoms with Crippen LogP contribution in [-0.4, -0.2) is 72.5 Å². The summed E-state index contributed by atoms with van der Waals surface area (Å²) in [6, 6.07) is 2.75. The van der Waals surface area contributed by atoms with Crippen molar-refractivity contribution in [1.82, 2.24) is 18.7 Å². The molecule has 39 heavy (non-hydrogen) atoms. The Morgan fingerprint density at radius 3 is 1.18 bits per heavy atom. The molecule has 6 nitrogen and oxygen atoms in total. The third-order valence-electron chi connectivity index (χ3n) is 6.60. The van der Waals surface area contributed by atoms with E-state index in [9.17, 15) is 0 Å². The first-order chi connectivity index (χ1) is 17.4. The largest absolute Gasteiger partial charge is 1.00 e. The second-order valence-electron chi connectivity index (χ2n) is 12.8. The number of rotatable bonds is 18. The van der Waals surface area contributed by atoms with Gasteiger partial charge in [0.05, 0.1) is 5.45 Å². The number of hydrogen-bond donors (Lipinski definition) is 0. The first kappa shape index (κ1) is 42.1. The Bertz CT molecular complexity index is 667. The Balaban J connectivity index is 0. The molecule has 0 N–H and O–H groups in total. The smallest absolute Gasteiger partial charge is 0.553 e. The minimum atomic E-state index is -2.39. The van der Waals surface area contributed by atoms with Gasteiger partial charge in [0.25, 0.3) is 0 Å². The van der Waals surface area contributed by atoms with Crippen molar-refractivity contribution < 1.29 is 18.9 Å². The van der Waals surface area contributed by atoms with E-state index < -0.39 is 14.7 Å². The van der Waals surface area contributed by atoms with Crippen LogP contribution in [-0.2, 0) is 11.8 Å². The van der Waals surface area contributed by atoms with Crippen molar-refractivity contribution in [2.45, 2.75) is 185 Å². The van der Waals surface area contributed by atoms with Crippen LogP contribution in [0.5, 0.6) is 0 Å². The molecule has 0 aromatic heterocycles. The van der Waals surface area contributed by atoms with Gasteiger partial charge in [-0.2, -0.15) is 0 Å². The molecular formula is C29H65LiN6P2S. The van der Waals surface area contributed by atoms with Crippen molar-refractivity contribution in [3.8, 4) is 0 Å². The van der Waals surface area contributed by atoms with E-state index >= 15 is 0 Å². The van der Waals surface area contributed by atoms with Crippen LogP contribution in [0.25, 0.3) is 5.20 Å². The molecule has 228 valence electrons. The van der Waals surface area contributed by atoms with E-state index in [4.69, 9.17) is 22.1 Å². The topological polar surface area (TPSA) is 39.4 Å². The monoisotopic (exact) mass is 598 g/mol. The van der Waals surface area contributed by atoms with Gasteiger partial charge in [-0.3, -0.25) is 18.7 Å². The summed E-state index contributed by atoms with van der Waals surface area (Å²) in [5.74, 6) is 0. The van der Waals surface area contributed by atoms with Crippen LogP contribution in [0.1, 0.15) is 137 Å². The summed E-state index contributed by atoms with van der Waals surface area (Å²) in [7, 11) is -1.00. The summed E-state index contributed by atoms with van der Waals surface area (Å²) >= 11 is 6.93. The predicted octanol–water partition coefficient (Wildman–Crippen LogP) is 6.88. The molecule has 0 saturated heterocycles. The maximum absolute atomic E-state index is 6.93. The molecule has 0 heterocycles. The fraction of sp³-hybridized carbons (Fsp3) is 0.966. The molecule has 0 rings (SSSR count). The van der Waals surface area contributed by atoms with E-state index in [2.05, 4.69) is 136 Å². The summed E-state index contributed by atoms with van der Waals surface area (Å²) in [6.07, 6.45) is 0.709. The zero-order valence-corrected chi connectivity index (χ0v) is 31.8. The molecule has 0 radical (unpaired) electrons. The Morgan fingerprint density at radius 1 is 0.641 bits per heavy atom. The molecule has 0 aliphatic rings. The molecule has 0 fully saturated rings. The first-order valence-electron chi connectivity index (χ1n) is 15.2. The van der Waals surface area contributed by atoms with Crippen LogP contribution in [0.2, 0.25) is 0 Å². The van der Waals surface area contributed by atoms with E-state index in [1.165, 1.54) is 0 Å². The van der Waals surface area contributed by atoms with Gasteiger partial charge in [-0.1, -0.05) is 25.2 Å². The predicted molar refractivity (Wildman–Crippen MR) is 180 cm³/mol. The van der Waals surface area contributed by atoms with E-state index in [-0.39, 0.29) is 18.9 Å². The third kappa shape index (κ3) is 11.5. The van der Waals surface area contributed by atoms with Gasteiger partial charge in [0.1, 0.15) is 6.34 Å². The molecule has 0 amide bonds. The van der Waals surface area contributed by atoms with Crippen LogP contribution in [0, 0.1) is 0 Å². The van der Waals surface area contributed by atoms with Crippen LogP contribution in [0.3, 0.4) is 0 Å². The van der Waals surface area contributed by atoms with Crippen LogP contribution in [0.15, 0.2) is 5.10 Å². The summed E-state index contributed by atoms with van der Waals surface area (Å²) in [5.41, 5.74) is 1.13. The molecule has 0 aliphatic carbocycles. The summed E-state index contributed by atoms with van der Waals surface area (Å²) in [6.45, 7) is 38.9. The Labute approximate surface area is 264 Å². The molecule has 0 aromatic rings. The zero-order valence-electron chi connectivity index (χ0n) is 29.2. The maximum atomic E-state index is 6.93. The molecule has 0 aliphatic heterocycles. The number of hydrogen-bond acceptors (Lipinski definition) is 4. The van der Waals surface area contributed by atoms with Crippen molar-refractivity contribution in [3.05, 3.63) is 5.20 Å². The van der Waals surface area contributed by atoms with Gasteiger partial charge >= 0.3 is 18.9 Å². The van der Waals surface area contributed by atoms with Crippen molar-refractivity contribution in [1.29, 1.82) is 0 Å². The van der Waals surface area contributed by atoms with Crippen LogP contribution in [0.4, 0.5) is 0 Å². The third-order valence-corrected chi connectivity index (χ3v) is 15.4. The molecule has 0 bridgehead atoms. The van der Waals surface area contributed by atoms with Gasteiger partial charge in [0.15, 0.2) is 0 Å². The zero-order chi connectivity index (χ0) is 30.1. The molecule has 0 spiro atoms. The standard InChI is InChI=1S/C29H65N6P2S.Li/c1-18-19-20-29(37(38,34(25(10)11)26(12)13)35(27(14)15)28(16)17)30-31-36(32(21(2)3)22(4)5)33(23(6)7)24(8)9;/h21-28H,18-20H2,1-17H3;/q-1;+1/b30-29+;. The van der Waals surface area contributed by atoms with Gasteiger partial charge in [0, 0.05) is 48.3 Å². The molecule has 0 atom stereocenters. The van der Waals surface area contributed by atoms with Crippen molar-refractivity contribution in [3.63, 3.8) is 0 Å². The SMILES string of the molecule is CCCC/C(=N\[N-]P(N(C(C)C)C(C)C)N(C(C)C)C(C)C)P(=S)(N(C(C)C)C(C)C)N(C(C)C)C(C)C.[Li+]. The Kier molecular flexibility index (Phi) is 20.8. The molecular weight excluding hydrogens is 533 g/mol. The minimum Gasteiger partial charge on any atom is -0.553 e. The van der Waals surface area contributed by atoms with Crippen molar-refractivity contribution >= 4 is 32.0 Å². The van der Waals surface area contributed by atoms with Gasteiger partial charge in [-0.25, -0.2) is 0 Å². The van der Waals surface area contributed by atoms with E-state index in [1.807, 2.05) is 0 Å². The molecule has 0 saturated carbocycles. The van der Waals surface area contributed by atoms with Crippen molar-refractivity contribution in [2.24, 2.45) is 5.10 Å². The van der Waals surface area contributed by atoms with Gasteiger partial charge in [-0.05, 0) is 132 Å². The first-order valence-corrected chi connectivity index (χ1v) is 19.1. The van der Waals surface area contributed by atoms with Crippen molar-refractivity contribution in [2.75, 3.05) is 0 Å². The normalized spacial score (nSPS) is 14.1. The fourth-order valence-electron chi connectivity index (χ4n) is 5.74. The average molecular weight is 599 g/mol. The second kappa shape index (κ2) is 19.3. The van der Waals surface area contributed by atoms with Gasteiger partial charge in [-0.15, -0.1) is 0 Å². The molecule has 10 heteroatoms. The van der Waals surface area contributed by atoms with Gasteiger partial charge < -0.3 is 10.3 Å². The minimum absolute atomic E-state index is 0. The Hall–Kier alpha value is 0.987. The molecule has 0 unspecified atom stereocenters. The Morgan fingerprint density at radius 2 is 0.949 bits per heavy atom. The van der Waals surface area contributed by atoms with E-state index in [1.54, 1.807) is 0 Å². The fourth-order valence-corrected chi connectivity index (χ4v) is 14.6. The maximum Gasteiger partial charge on any atom is 1.00 e. The van der Waals surface area contributed by atoms with Crippen LogP contribution < -0.4 is 18.9 Å². The summed E-state index contributed by atoms with van der Waals surface area (Å²) < 4.78 is 10.3. The molecule has 0 aromatic carbocycles. The van der Waals surface area contributed by atoms with E-state index in [0.29, 0.717) is 48.3 Å².